The lowest BCUT2D eigenvalue weighted by Gasteiger charge is -2.28. The van der Waals surface area contributed by atoms with Crippen LogP contribution in [0.5, 0.6) is 0 Å². The standard InChI is InChI=1S/C20H30FN3O/c1-17(16-18-4-6-19(21)7-5-18)23-11-8-20(25)24(15-14-23)13-12-22-9-2-3-10-22/h4-7,17H,2-3,8-16H2,1H3. The zero-order valence-electron chi connectivity index (χ0n) is 15.3. The summed E-state index contributed by atoms with van der Waals surface area (Å²) in [6.45, 7) is 9.01. The fourth-order valence-corrected chi connectivity index (χ4v) is 3.92. The van der Waals surface area contributed by atoms with Gasteiger partial charge in [-0.2, -0.15) is 0 Å². The highest BCUT2D eigenvalue weighted by Gasteiger charge is 2.24. The number of carbonyl (C=O) groups is 1. The van der Waals surface area contributed by atoms with E-state index in [1.165, 1.54) is 38.1 Å². The van der Waals surface area contributed by atoms with Gasteiger partial charge in [0.15, 0.2) is 0 Å². The summed E-state index contributed by atoms with van der Waals surface area (Å²) in [4.78, 5) is 19.3. The second-order valence-electron chi connectivity index (χ2n) is 7.40. The van der Waals surface area contributed by atoms with Gasteiger partial charge < -0.3 is 9.80 Å². The van der Waals surface area contributed by atoms with E-state index in [2.05, 4.69) is 16.7 Å². The Balaban J connectivity index is 1.49. The lowest BCUT2D eigenvalue weighted by molar-refractivity contribution is -0.130. The molecule has 2 aliphatic rings. The Bertz CT molecular complexity index is 557. The molecule has 3 rings (SSSR count). The van der Waals surface area contributed by atoms with E-state index >= 15 is 0 Å². The molecule has 0 aliphatic carbocycles. The van der Waals surface area contributed by atoms with Crippen molar-refractivity contribution in [3.05, 3.63) is 35.6 Å². The molecule has 1 amide bonds. The smallest absolute Gasteiger partial charge is 0.223 e. The zero-order chi connectivity index (χ0) is 17.6. The predicted octanol–water partition coefficient (Wildman–Crippen LogP) is 2.39. The van der Waals surface area contributed by atoms with Crippen molar-refractivity contribution in [3.8, 4) is 0 Å². The monoisotopic (exact) mass is 347 g/mol. The second kappa shape index (κ2) is 8.77. The summed E-state index contributed by atoms with van der Waals surface area (Å²) in [6, 6.07) is 7.12. The largest absolute Gasteiger partial charge is 0.340 e. The van der Waals surface area contributed by atoms with E-state index in [4.69, 9.17) is 0 Å². The van der Waals surface area contributed by atoms with Gasteiger partial charge in [-0.1, -0.05) is 12.1 Å². The Labute approximate surface area is 150 Å². The first-order valence-electron chi connectivity index (χ1n) is 9.60. The molecule has 138 valence electrons. The molecule has 2 fully saturated rings. The number of likely N-dealkylation sites (tertiary alicyclic amines) is 1. The van der Waals surface area contributed by atoms with Crippen LogP contribution in [0.15, 0.2) is 24.3 Å². The normalized spacial score (nSPS) is 21.5. The summed E-state index contributed by atoms with van der Waals surface area (Å²) in [6.07, 6.45) is 4.08. The van der Waals surface area contributed by atoms with Crippen molar-refractivity contribution in [3.63, 3.8) is 0 Å². The van der Waals surface area contributed by atoms with Crippen LogP contribution in [0, 0.1) is 5.82 Å². The van der Waals surface area contributed by atoms with Gasteiger partial charge in [0.1, 0.15) is 5.82 Å². The van der Waals surface area contributed by atoms with Gasteiger partial charge in [-0.05, 0) is 57.0 Å². The third-order valence-corrected chi connectivity index (χ3v) is 5.58. The predicted molar refractivity (Wildman–Crippen MR) is 98.0 cm³/mol. The minimum atomic E-state index is -0.189. The molecule has 4 nitrogen and oxygen atoms in total. The number of nitrogens with zero attached hydrogens (tertiary/aromatic N) is 3. The van der Waals surface area contributed by atoms with Gasteiger partial charge in [0.2, 0.25) is 5.91 Å². The summed E-state index contributed by atoms with van der Waals surface area (Å²) < 4.78 is 13.0. The summed E-state index contributed by atoms with van der Waals surface area (Å²) >= 11 is 0. The number of amides is 1. The van der Waals surface area contributed by atoms with Crippen LogP contribution in [0.25, 0.3) is 0 Å². The molecule has 0 radical (unpaired) electrons. The molecule has 1 aromatic carbocycles. The van der Waals surface area contributed by atoms with Crippen molar-refractivity contribution in [2.45, 2.75) is 38.6 Å². The highest BCUT2D eigenvalue weighted by atomic mass is 19.1. The molecule has 25 heavy (non-hydrogen) atoms. The van der Waals surface area contributed by atoms with Crippen molar-refractivity contribution in [2.75, 3.05) is 45.8 Å². The van der Waals surface area contributed by atoms with Crippen molar-refractivity contribution < 1.29 is 9.18 Å². The Morgan fingerprint density at radius 3 is 2.44 bits per heavy atom. The quantitative estimate of drug-likeness (QED) is 0.791. The highest BCUT2D eigenvalue weighted by molar-refractivity contribution is 5.76. The van der Waals surface area contributed by atoms with Crippen LogP contribution in [0.4, 0.5) is 4.39 Å². The molecule has 2 aliphatic heterocycles. The minimum absolute atomic E-state index is 0.189. The molecule has 0 bridgehead atoms. The summed E-state index contributed by atoms with van der Waals surface area (Å²) in [5.74, 6) is 0.0982. The maximum absolute atomic E-state index is 13.0. The number of benzene rings is 1. The molecule has 5 heteroatoms. The zero-order valence-corrected chi connectivity index (χ0v) is 15.3. The number of rotatable bonds is 6. The molecule has 0 aromatic heterocycles. The van der Waals surface area contributed by atoms with Crippen LogP contribution >= 0.6 is 0 Å². The van der Waals surface area contributed by atoms with E-state index in [0.29, 0.717) is 12.5 Å². The molecule has 1 atom stereocenters. The fraction of sp³-hybridized carbons (Fsp3) is 0.650. The van der Waals surface area contributed by atoms with E-state index < -0.39 is 0 Å². The Hall–Kier alpha value is -1.46. The van der Waals surface area contributed by atoms with E-state index in [0.717, 1.165) is 44.7 Å². The first-order valence-corrected chi connectivity index (χ1v) is 9.60. The van der Waals surface area contributed by atoms with Crippen LogP contribution in [-0.4, -0.2) is 72.5 Å². The van der Waals surface area contributed by atoms with Crippen LogP contribution < -0.4 is 0 Å². The van der Waals surface area contributed by atoms with E-state index in [9.17, 15) is 9.18 Å². The molecule has 2 saturated heterocycles. The molecular weight excluding hydrogens is 317 g/mol. The van der Waals surface area contributed by atoms with Crippen LogP contribution in [0.1, 0.15) is 31.7 Å². The van der Waals surface area contributed by atoms with E-state index in [-0.39, 0.29) is 11.7 Å². The molecule has 1 unspecified atom stereocenters. The molecule has 1 aromatic rings. The van der Waals surface area contributed by atoms with Gasteiger partial charge in [0, 0.05) is 45.2 Å². The molecule has 0 saturated carbocycles. The van der Waals surface area contributed by atoms with Crippen molar-refractivity contribution in [1.82, 2.24) is 14.7 Å². The Morgan fingerprint density at radius 2 is 1.72 bits per heavy atom. The highest BCUT2D eigenvalue weighted by Crippen LogP contribution is 2.14. The summed E-state index contributed by atoms with van der Waals surface area (Å²) in [5, 5.41) is 0. The molecule has 2 heterocycles. The van der Waals surface area contributed by atoms with Gasteiger partial charge in [0.05, 0.1) is 0 Å². The first-order chi connectivity index (χ1) is 12.1. The van der Waals surface area contributed by atoms with Gasteiger partial charge in [-0.3, -0.25) is 9.69 Å². The van der Waals surface area contributed by atoms with Gasteiger partial charge in [-0.15, -0.1) is 0 Å². The number of carbonyl (C=O) groups excluding carboxylic acids is 1. The lowest BCUT2D eigenvalue weighted by atomic mass is 10.1. The molecule has 0 spiro atoms. The minimum Gasteiger partial charge on any atom is -0.340 e. The van der Waals surface area contributed by atoms with Gasteiger partial charge in [-0.25, -0.2) is 4.39 Å². The van der Waals surface area contributed by atoms with Crippen LogP contribution in [-0.2, 0) is 11.2 Å². The maximum atomic E-state index is 13.0. The average molecular weight is 347 g/mol. The molecular formula is C20H30FN3O. The third-order valence-electron chi connectivity index (χ3n) is 5.58. The third kappa shape index (κ3) is 5.25. The Morgan fingerprint density at radius 1 is 1.00 bits per heavy atom. The van der Waals surface area contributed by atoms with Crippen molar-refractivity contribution >= 4 is 5.91 Å². The Kier molecular flexibility index (Phi) is 6.43. The summed E-state index contributed by atoms with van der Waals surface area (Å²) in [7, 11) is 0. The SMILES string of the molecule is CC(Cc1ccc(F)cc1)N1CCC(=O)N(CCN2CCCC2)CC1. The summed E-state index contributed by atoms with van der Waals surface area (Å²) in [5.41, 5.74) is 1.15. The lowest BCUT2D eigenvalue weighted by Crippen LogP contribution is -2.40. The van der Waals surface area contributed by atoms with E-state index in [1.807, 2.05) is 17.0 Å². The van der Waals surface area contributed by atoms with Crippen LogP contribution in [0.2, 0.25) is 0 Å². The topological polar surface area (TPSA) is 26.8 Å². The van der Waals surface area contributed by atoms with Gasteiger partial charge >= 0.3 is 0 Å². The van der Waals surface area contributed by atoms with Crippen LogP contribution in [0.3, 0.4) is 0 Å². The first kappa shape index (κ1) is 18.3. The van der Waals surface area contributed by atoms with Crippen molar-refractivity contribution in [1.29, 1.82) is 0 Å². The van der Waals surface area contributed by atoms with E-state index in [1.54, 1.807) is 0 Å². The number of hydrogen-bond acceptors (Lipinski definition) is 3. The number of hydrogen-bond donors (Lipinski definition) is 0. The van der Waals surface area contributed by atoms with Crippen molar-refractivity contribution in [2.24, 2.45) is 0 Å². The average Bonchev–Trinajstić information content (AvgIpc) is 3.05. The second-order valence-corrected chi connectivity index (χ2v) is 7.40. The van der Waals surface area contributed by atoms with Gasteiger partial charge in [0.25, 0.3) is 0 Å². The molecule has 0 N–H and O–H groups in total. The number of halogens is 1. The fourth-order valence-electron chi connectivity index (χ4n) is 3.92. The maximum Gasteiger partial charge on any atom is 0.223 e.